The van der Waals surface area contributed by atoms with E-state index < -0.39 is 17.9 Å². The average Bonchev–Trinajstić information content (AvgIpc) is 2.98. The minimum absolute atomic E-state index is 0.0658. The van der Waals surface area contributed by atoms with Gasteiger partial charge in [-0.05, 0) is 47.8 Å². The Morgan fingerprint density at radius 1 is 1.06 bits per heavy atom. The lowest BCUT2D eigenvalue weighted by Crippen LogP contribution is -2.52. The first-order valence-corrected chi connectivity index (χ1v) is 11.3. The van der Waals surface area contributed by atoms with Crippen molar-refractivity contribution in [1.29, 1.82) is 0 Å². The van der Waals surface area contributed by atoms with Gasteiger partial charge in [0.05, 0.1) is 5.69 Å². The molecule has 4 rings (SSSR count). The van der Waals surface area contributed by atoms with E-state index in [1.54, 1.807) is 12.1 Å². The number of urea groups is 1. The molecule has 5 nitrogen and oxygen atoms in total. The molecule has 2 bridgehead atoms. The summed E-state index contributed by atoms with van der Waals surface area (Å²) in [6, 6.07) is 14.5. The molecule has 0 spiro atoms. The van der Waals surface area contributed by atoms with Gasteiger partial charge in [0.25, 0.3) is 0 Å². The number of halogens is 1. The van der Waals surface area contributed by atoms with Gasteiger partial charge in [0, 0.05) is 19.0 Å². The molecule has 3 unspecified atom stereocenters. The highest BCUT2D eigenvalue weighted by atomic mass is 19.1. The van der Waals surface area contributed by atoms with Gasteiger partial charge in [0.2, 0.25) is 5.91 Å². The van der Waals surface area contributed by atoms with Crippen molar-refractivity contribution < 1.29 is 14.0 Å². The number of nitrogens with zero attached hydrogens (tertiary/aromatic N) is 1. The zero-order valence-electron chi connectivity index (χ0n) is 19.0. The van der Waals surface area contributed by atoms with Gasteiger partial charge in [-0.25, -0.2) is 9.18 Å². The molecule has 3 amide bonds. The number of rotatable bonds is 5. The van der Waals surface area contributed by atoms with Crippen molar-refractivity contribution in [3.63, 3.8) is 0 Å². The molecule has 2 aliphatic rings. The summed E-state index contributed by atoms with van der Waals surface area (Å²) in [5.74, 6) is -0.582. The zero-order chi connectivity index (χ0) is 22.9. The quantitative estimate of drug-likeness (QED) is 0.693. The number of hydrogen-bond donors (Lipinski definition) is 2. The normalized spacial score (nSPS) is 24.6. The van der Waals surface area contributed by atoms with E-state index in [-0.39, 0.29) is 28.5 Å². The van der Waals surface area contributed by atoms with E-state index in [4.69, 9.17) is 0 Å². The predicted molar refractivity (Wildman–Crippen MR) is 124 cm³/mol. The fourth-order valence-corrected chi connectivity index (χ4v) is 5.85. The van der Waals surface area contributed by atoms with Crippen LogP contribution in [0.5, 0.6) is 0 Å². The molecular weight excluding hydrogens is 405 g/mol. The Hall–Kier alpha value is -2.89. The maximum absolute atomic E-state index is 14.0. The number of carbonyl (C=O) groups is 2. The van der Waals surface area contributed by atoms with Gasteiger partial charge >= 0.3 is 6.03 Å². The van der Waals surface area contributed by atoms with E-state index in [0.29, 0.717) is 13.0 Å². The Balaban J connectivity index is 1.53. The molecule has 2 aromatic carbocycles. The molecule has 3 atom stereocenters. The fraction of sp³-hybridized carbons (Fsp3) is 0.462. The Morgan fingerprint density at radius 3 is 2.47 bits per heavy atom. The van der Waals surface area contributed by atoms with Gasteiger partial charge in [-0.15, -0.1) is 0 Å². The number of fused-ring (bicyclic) bond motifs is 2. The summed E-state index contributed by atoms with van der Waals surface area (Å²) in [5.41, 5.74) is 1.35. The summed E-state index contributed by atoms with van der Waals surface area (Å²) in [6.07, 6.45) is 3.44. The smallest absolute Gasteiger partial charge is 0.319 e. The summed E-state index contributed by atoms with van der Waals surface area (Å²) in [5, 5.41) is 5.37. The van der Waals surface area contributed by atoms with Gasteiger partial charge in [-0.2, -0.15) is 0 Å². The molecule has 6 heteroatoms. The van der Waals surface area contributed by atoms with E-state index >= 15 is 0 Å². The van der Waals surface area contributed by atoms with E-state index in [1.165, 1.54) is 12.1 Å². The molecule has 1 aliphatic carbocycles. The molecule has 0 aromatic heterocycles. The second-order valence-corrected chi connectivity index (χ2v) is 10.5. The molecule has 2 N–H and O–H groups in total. The first-order valence-electron chi connectivity index (χ1n) is 11.3. The lowest BCUT2D eigenvalue weighted by atomic mass is 9.65. The number of amides is 3. The monoisotopic (exact) mass is 437 g/mol. The van der Waals surface area contributed by atoms with Crippen LogP contribution >= 0.6 is 0 Å². The van der Waals surface area contributed by atoms with E-state index in [9.17, 15) is 14.0 Å². The SMILES string of the molecule is CC1(C)CC2CC(C)(CN2C(=O)C(Cc2ccccc2)NC(=O)Nc2ccccc2F)C1. The number of para-hydroxylation sites is 1. The minimum atomic E-state index is -0.727. The largest absolute Gasteiger partial charge is 0.337 e. The van der Waals surface area contributed by atoms with Crippen LogP contribution in [0, 0.1) is 16.6 Å². The van der Waals surface area contributed by atoms with Crippen molar-refractivity contribution in [3.05, 3.63) is 66.0 Å². The Labute approximate surface area is 189 Å². The topological polar surface area (TPSA) is 61.4 Å². The third-order valence-corrected chi connectivity index (χ3v) is 6.71. The molecule has 170 valence electrons. The van der Waals surface area contributed by atoms with Crippen LogP contribution in [0.3, 0.4) is 0 Å². The zero-order valence-corrected chi connectivity index (χ0v) is 19.0. The molecule has 1 aliphatic heterocycles. The fourth-order valence-electron chi connectivity index (χ4n) is 5.85. The van der Waals surface area contributed by atoms with Crippen LogP contribution in [0.25, 0.3) is 0 Å². The standard InChI is InChI=1S/C26H32FN3O2/c1-25(2)14-19-15-26(3,16-25)17-30(19)23(31)22(13-18-9-5-4-6-10-18)29-24(32)28-21-12-8-7-11-20(21)27/h4-12,19,22H,13-17H2,1-3H3,(H2,28,29,32). The van der Waals surface area contributed by atoms with Gasteiger partial charge in [0.15, 0.2) is 0 Å². The Bertz CT molecular complexity index is 994. The molecule has 2 fully saturated rings. The van der Waals surface area contributed by atoms with E-state index in [2.05, 4.69) is 31.4 Å². The third-order valence-electron chi connectivity index (χ3n) is 6.71. The van der Waals surface area contributed by atoms with Crippen LogP contribution in [0.1, 0.15) is 45.6 Å². The lowest BCUT2D eigenvalue weighted by molar-refractivity contribution is -0.134. The molecule has 1 heterocycles. The van der Waals surface area contributed by atoms with Crippen molar-refractivity contribution in [2.75, 3.05) is 11.9 Å². The Kier molecular flexibility index (Phi) is 5.97. The van der Waals surface area contributed by atoms with Crippen molar-refractivity contribution in [2.24, 2.45) is 10.8 Å². The van der Waals surface area contributed by atoms with Crippen LogP contribution in [0.15, 0.2) is 54.6 Å². The van der Waals surface area contributed by atoms with Crippen LogP contribution in [0.2, 0.25) is 0 Å². The number of benzene rings is 2. The average molecular weight is 438 g/mol. The molecule has 32 heavy (non-hydrogen) atoms. The number of likely N-dealkylation sites (tertiary alicyclic amines) is 1. The number of carbonyl (C=O) groups excluding carboxylic acids is 2. The van der Waals surface area contributed by atoms with Crippen LogP contribution in [-0.4, -0.2) is 35.5 Å². The lowest BCUT2D eigenvalue weighted by Gasteiger charge is -2.39. The summed E-state index contributed by atoms with van der Waals surface area (Å²) in [4.78, 5) is 28.4. The molecule has 1 saturated carbocycles. The van der Waals surface area contributed by atoms with Crippen LogP contribution in [-0.2, 0) is 11.2 Å². The highest BCUT2D eigenvalue weighted by Gasteiger charge is 2.51. The molecule has 0 radical (unpaired) electrons. The second-order valence-electron chi connectivity index (χ2n) is 10.5. The minimum Gasteiger partial charge on any atom is -0.337 e. The summed E-state index contributed by atoms with van der Waals surface area (Å²) in [6.45, 7) is 7.51. The maximum Gasteiger partial charge on any atom is 0.319 e. The second kappa shape index (κ2) is 8.57. The van der Waals surface area contributed by atoms with Gasteiger partial charge in [-0.3, -0.25) is 4.79 Å². The van der Waals surface area contributed by atoms with Gasteiger partial charge < -0.3 is 15.5 Å². The maximum atomic E-state index is 14.0. The van der Waals surface area contributed by atoms with E-state index in [0.717, 1.165) is 24.8 Å². The highest BCUT2D eigenvalue weighted by Crippen LogP contribution is 2.52. The molecular formula is C26H32FN3O2. The van der Waals surface area contributed by atoms with Gasteiger partial charge in [-0.1, -0.05) is 63.2 Å². The summed E-state index contributed by atoms with van der Waals surface area (Å²) in [7, 11) is 0. The summed E-state index contributed by atoms with van der Waals surface area (Å²) < 4.78 is 14.0. The summed E-state index contributed by atoms with van der Waals surface area (Å²) >= 11 is 0. The number of hydrogen-bond acceptors (Lipinski definition) is 2. The van der Waals surface area contributed by atoms with Crippen LogP contribution in [0.4, 0.5) is 14.9 Å². The first-order chi connectivity index (χ1) is 15.1. The number of nitrogens with one attached hydrogen (secondary N) is 2. The van der Waals surface area contributed by atoms with Crippen molar-refractivity contribution in [3.8, 4) is 0 Å². The molecule has 1 saturated heterocycles. The third kappa shape index (κ3) is 4.95. The van der Waals surface area contributed by atoms with E-state index in [1.807, 2.05) is 35.2 Å². The predicted octanol–water partition coefficient (Wildman–Crippen LogP) is 4.99. The van der Waals surface area contributed by atoms with Crippen molar-refractivity contribution >= 4 is 17.6 Å². The highest BCUT2D eigenvalue weighted by molar-refractivity contribution is 5.94. The van der Waals surface area contributed by atoms with Crippen molar-refractivity contribution in [1.82, 2.24) is 10.2 Å². The Morgan fingerprint density at radius 2 is 1.75 bits per heavy atom. The number of anilines is 1. The first kappa shape index (κ1) is 22.3. The van der Waals surface area contributed by atoms with Gasteiger partial charge in [0.1, 0.15) is 11.9 Å². The van der Waals surface area contributed by atoms with Crippen LogP contribution < -0.4 is 10.6 Å². The molecule has 2 aromatic rings. The van der Waals surface area contributed by atoms with Crippen molar-refractivity contribution in [2.45, 2.75) is 58.5 Å².